The van der Waals surface area contributed by atoms with Gasteiger partial charge in [0.15, 0.2) is 0 Å². The molecule has 0 aliphatic heterocycles. The van der Waals surface area contributed by atoms with Crippen molar-refractivity contribution in [3.05, 3.63) is 75.2 Å². The summed E-state index contributed by atoms with van der Waals surface area (Å²) in [7, 11) is 1.56. The maximum absolute atomic E-state index is 14.1. The smallest absolute Gasteiger partial charge is 0.322 e. The first-order valence-corrected chi connectivity index (χ1v) is 8.46. The van der Waals surface area contributed by atoms with Gasteiger partial charge in [0.05, 0.1) is 16.5 Å². The minimum atomic E-state index is -0.629. The molecule has 2 aromatic carbocycles. The number of aromatic amines is 1. The molecule has 2 amide bonds. The van der Waals surface area contributed by atoms with E-state index in [1.807, 2.05) is 0 Å². The molecule has 27 heavy (non-hydrogen) atoms. The van der Waals surface area contributed by atoms with Gasteiger partial charge < -0.3 is 15.2 Å². The molecule has 0 saturated carbocycles. The summed E-state index contributed by atoms with van der Waals surface area (Å²) in [5, 5.41) is 2.89. The van der Waals surface area contributed by atoms with E-state index in [1.54, 1.807) is 20.0 Å². The van der Waals surface area contributed by atoms with Crippen LogP contribution in [0, 0.1) is 11.6 Å². The Morgan fingerprint density at radius 3 is 2.67 bits per heavy atom. The van der Waals surface area contributed by atoms with Crippen LogP contribution in [0.2, 0.25) is 5.02 Å². The number of H-pyrrole nitrogens is 1. The summed E-state index contributed by atoms with van der Waals surface area (Å²) in [4.78, 5) is 28.4. The Morgan fingerprint density at radius 2 is 1.96 bits per heavy atom. The van der Waals surface area contributed by atoms with Crippen molar-refractivity contribution < 1.29 is 13.6 Å². The summed E-state index contributed by atoms with van der Waals surface area (Å²) in [6.45, 7) is 1.75. The lowest BCUT2D eigenvalue weighted by Crippen LogP contribution is -2.34. The molecule has 0 aliphatic carbocycles. The van der Waals surface area contributed by atoms with Crippen molar-refractivity contribution in [3.63, 3.8) is 0 Å². The molecule has 3 rings (SSSR count). The third-order valence-electron chi connectivity index (χ3n) is 4.43. The number of aromatic nitrogens is 1. The number of hydrogen-bond donors (Lipinski definition) is 2. The molecule has 1 atom stereocenters. The highest BCUT2D eigenvalue weighted by atomic mass is 35.5. The Bertz CT molecular complexity index is 1080. The lowest BCUT2D eigenvalue weighted by atomic mass is 10.0. The topological polar surface area (TPSA) is 65.2 Å². The lowest BCUT2D eigenvalue weighted by molar-refractivity contribution is 0.208. The van der Waals surface area contributed by atoms with E-state index in [-0.39, 0.29) is 10.4 Å². The van der Waals surface area contributed by atoms with Crippen LogP contribution in [-0.4, -0.2) is 23.0 Å². The fraction of sp³-hybridized carbons (Fsp3) is 0.158. The van der Waals surface area contributed by atoms with Crippen LogP contribution in [0.4, 0.5) is 19.3 Å². The van der Waals surface area contributed by atoms with Crippen molar-refractivity contribution in [1.29, 1.82) is 0 Å². The number of carbonyl (C=O) groups excluding carboxylic acids is 1. The first-order chi connectivity index (χ1) is 12.8. The van der Waals surface area contributed by atoms with E-state index >= 15 is 0 Å². The second-order valence-corrected chi connectivity index (χ2v) is 6.49. The van der Waals surface area contributed by atoms with E-state index < -0.39 is 29.3 Å². The highest BCUT2D eigenvalue weighted by molar-refractivity contribution is 6.31. The van der Waals surface area contributed by atoms with E-state index in [0.29, 0.717) is 16.6 Å². The fourth-order valence-corrected chi connectivity index (χ4v) is 2.98. The molecule has 5 nitrogen and oxygen atoms in total. The number of nitrogens with one attached hydrogen (secondary N) is 2. The number of hydrogen-bond acceptors (Lipinski definition) is 2. The zero-order valence-electron chi connectivity index (χ0n) is 14.5. The number of halogens is 3. The van der Waals surface area contributed by atoms with E-state index in [9.17, 15) is 18.4 Å². The van der Waals surface area contributed by atoms with Crippen molar-refractivity contribution in [3.8, 4) is 0 Å². The molecule has 0 spiro atoms. The van der Waals surface area contributed by atoms with E-state index in [0.717, 1.165) is 6.07 Å². The number of amides is 2. The number of nitrogens with zero attached hydrogens (tertiary/aromatic N) is 1. The van der Waals surface area contributed by atoms with Crippen LogP contribution in [0.25, 0.3) is 10.8 Å². The number of carbonyl (C=O) groups is 1. The van der Waals surface area contributed by atoms with Crippen molar-refractivity contribution in [2.24, 2.45) is 0 Å². The summed E-state index contributed by atoms with van der Waals surface area (Å²) in [6.07, 6.45) is 1.47. The SMILES string of the molecule is C[C@@H](c1c[nH]c(=O)c2c(F)cccc12)N(C)C(=O)Nc1ccc(F)c(Cl)c1. The second kappa shape index (κ2) is 7.36. The summed E-state index contributed by atoms with van der Waals surface area (Å²) in [5.41, 5.74) is 0.383. The molecule has 1 aromatic heterocycles. The normalized spacial score (nSPS) is 12.0. The molecule has 140 valence electrons. The van der Waals surface area contributed by atoms with Gasteiger partial charge in [-0.3, -0.25) is 4.79 Å². The molecule has 0 unspecified atom stereocenters. The summed E-state index contributed by atoms with van der Waals surface area (Å²) in [6, 6.07) is 7.24. The van der Waals surface area contributed by atoms with Crippen molar-refractivity contribution >= 4 is 34.1 Å². The summed E-state index contributed by atoms with van der Waals surface area (Å²) < 4.78 is 27.3. The standard InChI is InChI=1S/C19H16ClF2N3O2/c1-10(13-9-23-18(26)17-12(13)4-3-5-16(17)22)25(2)19(27)24-11-6-7-15(21)14(20)8-11/h3-10H,1-2H3,(H,23,26)(H,24,27)/t10-/m0/s1. The Morgan fingerprint density at radius 1 is 1.22 bits per heavy atom. The number of pyridine rings is 1. The van der Waals surface area contributed by atoms with Crippen LogP contribution in [0.15, 0.2) is 47.4 Å². The van der Waals surface area contributed by atoms with Crippen molar-refractivity contribution in [2.45, 2.75) is 13.0 Å². The van der Waals surface area contributed by atoms with Crippen LogP contribution < -0.4 is 10.9 Å². The van der Waals surface area contributed by atoms with Gasteiger partial charge in [-0.15, -0.1) is 0 Å². The molecule has 0 fully saturated rings. The van der Waals surface area contributed by atoms with Crippen LogP contribution in [0.3, 0.4) is 0 Å². The number of fused-ring (bicyclic) bond motifs is 1. The third kappa shape index (κ3) is 3.64. The van der Waals surface area contributed by atoms with Crippen LogP contribution in [-0.2, 0) is 0 Å². The van der Waals surface area contributed by atoms with Gasteiger partial charge in [-0.25, -0.2) is 13.6 Å². The average molecular weight is 392 g/mol. The molecule has 0 saturated heterocycles. The Labute approximate surface area is 158 Å². The van der Waals surface area contributed by atoms with Crippen LogP contribution in [0.5, 0.6) is 0 Å². The quantitative estimate of drug-likeness (QED) is 0.680. The number of anilines is 1. The van der Waals surface area contributed by atoms with Gasteiger partial charge in [0, 0.05) is 18.9 Å². The number of benzene rings is 2. The summed E-state index contributed by atoms with van der Waals surface area (Å²) >= 11 is 5.72. The van der Waals surface area contributed by atoms with Gasteiger partial charge in [0.1, 0.15) is 11.6 Å². The van der Waals surface area contributed by atoms with Crippen molar-refractivity contribution in [1.82, 2.24) is 9.88 Å². The molecule has 0 radical (unpaired) electrons. The molecular formula is C19H16ClF2N3O2. The first-order valence-electron chi connectivity index (χ1n) is 8.08. The Balaban J connectivity index is 1.90. The minimum absolute atomic E-state index is 0.0547. The van der Waals surface area contributed by atoms with Gasteiger partial charge in [-0.1, -0.05) is 23.7 Å². The molecule has 8 heteroatoms. The van der Waals surface area contributed by atoms with Gasteiger partial charge in [0.2, 0.25) is 0 Å². The highest BCUT2D eigenvalue weighted by Gasteiger charge is 2.21. The second-order valence-electron chi connectivity index (χ2n) is 6.08. The Kier molecular flexibility index (Phi) is 5.14. The van der Waals surface area contributed by atoms with E-state index in [4.69, 9.17) is 11.6 Å². The molecular weight excluding hydrogens is 376 g/mol. The predicted molar refractivity (Wildman–Crippen MR) is 101 cm³/mol. The molecule has 1 heterocycles. The molecule has 0 bridgehead atoms. The van der Waals surface area contributed by atoms with E-state index in [1.165, 1.54) is 35.4 Å². The van der Waals surface area contributed by atoms with Gasteiger partial charge in [-0.2, -0.15) is 0 Å². The minimum Gasteiger partial charge on any atom is -0.328 e. The van der Waals surface area contributed by atoms with Gasteiger partial charge in [-0.05, 0) is 42.1 Å². The maximum Gasteiger partial charge on any atom is 0.322 e. The molecule has 0 aliphatic rings. The number of rotatable bonds is 3. The first kappa shape index (κ1) is 18.8. The largest absolute Gasteiger partial charge is 0.328 e. The van der Waals surface area contributed by atoms with Crippen LogP contribution in [0.1, 0.15) is 18.5 Å². The van der Waals surface area contributed by atoms with Crippen molar-refractivity contribution in [2.75, 3.05) is 12.4 Å². The predicted octanol–water partition coefficient (Wildman–Crippen LogP) is 4.68. The maximum atomic E-state index is 14.1. The highest BCUT2D eigenvalue weighted by Crippen LogP contribution is 2.27. The Hall–Kier alpha value is -2.93. The average Bonchev–Trinajstić information content (AvgIpc) is 2.64. The monoisotopic (exact) mass is 391 g/mol. The number of urea groups is 1. The van der Waals surface area contributed by atoms with Gasteiger partial charge >= 0.3 is 6.03 Å². The third-order valence-corrected chi connectivity index (χ3v) is 4.72. The zero-order chi connectivity index (χ0) is 19.7. The molecule has 2 N–H and O–H groups in total. The summed E-state index contributed by atoms with van der Waals surface area (Å²) in [5.74, 6) is -1.21. The fourth-order valence-electron chi connectivity index (χ4n) is 2.80. The van der Waals surface area contributed by atoms with E-state index in [2.05, 4.69) is 10.3 Å². The molecule has 3 aromatic rings. The van der Waals surface area contributed by atoms with Crippen LogP contribution >= 0.6 is 11.6 Å². The lowest BCUT2D eigenvalue weighted by Gasteiger charge is -2.26. The zero-order valence-corrected chi connectivity index (χ0v) is 15.3. The van der Waals surface area contributed by atoms with Gasteiger partial charge in [0.25, 0.3) is 5.56 Å².